The van der Waals surface area contributed by atoms with E-state index in [1.54, 1.807) is 7.11 Å². The molecule has 0 bridgehead atoms. The fourth-order valence-corrected chi connectivity index (χ4v) is 3.35. The number of amides is 1. The number of hydrogen-bond acceptors (Lipinski definition) is 6. The molecule has 2 heterocycles. The molecule has 1 aliphatic rings. The second kappa shape index (κ2) is 9.19. The van der Waals surface area contributed by atoms with Gasteiger partial charge in [0.15, 0.2) is 5.13 Å². The number of anilines is 1. The third-order valence-electron chi connectivity index (χ3n) is 3.69. The van der Waals surface area contributed by atoms with Crippen molar-refractivity contribution >= 4 is 22.4 Å². The Labute approximate surface area is 136 Å². The number of nitrogens with zero attached hydrogens (tertiary/aromatic N) is 2. The molecule has 2 N–H and O–H groups in total. The van der Waals surface area contributed by atoms with Gasteiger partial charge in [-0.05, 0) is 25.3 Å². The van der Waals surface area contributed by atoms with Crippen molar-refractivity contribution < 1.29 is 9.53 Å². The number of carbonyl (C=O) groups excluding carboxylic acids is 1. The summed E-state index contributed by atoms with van der Waals surface area (Å²) >= 11 is 1.49. The van der Waals surface area contributed by atoms with Gasteiger partial charge >= 0.3 is 0 Å². The molecule has 1 fully saturated rings. The van der Waals surface area contributed by atoms with Gasteiger partial charge in [0.25, 0.3) is 0 Å². The molecule has 1 unspecified atom stereocenters. The van der Waals surface area contributed by atoms with Gasteiger partial charge in [-0.3, -0.25) is 9.69 Å². The predicted octanol–water partition coefficient (Wildman–Crippen LogP) is 1.55. The topological polar surface area (TPSA) is 66.5 Å². The van der Waals surface area contributed by atoms with Gasteiger partial charge in [0.2, 0.25) is 5.91 Å². The standard InChI is InChI=1S/C15H26N4O2S/c1-12-4-3-6-19(9-12)10-13-11-22-15(17-13)18-14(20)8-16-5-7-21-2/h11-12,16H,3-10H2,1-2H3,(H,17,18,20). The van der Waals surface area contributed by atoms with Crippen LogP contribution in [0.25, 0.3) is 0 Å². The molecule has 0 aromatic carbocycles. The van der Waals surface area contributed by atoms with Crippen LogP contribution in [-0.2, 0) is 16.1 Å². The van der Waals surface area contributed by atoms with Crippen molar-refractivity contribution in [1.29, 1.82) is 0 Å². The van der Waals surface area contributed by atoms with E-state index in [2.05, 4.69) is 27.4 Å². The first-order valence-electron chi connectivity index (χ1n) is 7.83. The fourth-order valence-electron chi connectivity index (χ4n) is 2.64. The van der Waals surface area contributed by atoms with E-state index in [9.17, 15) is 4.79 Å². The molecule has 0 saturated carbocycles. The largest absolute Gasteiger partial charge is 0.383 e. The monoisotopic (exact) mass is 326 g/mol. The summed E-state index contributed by atoms with van der Waals surface area (Å²) in [6, 6.07) is 0. The summed E-state index contributed by atoms with van der Waals surface area (Å²) in [5.41, 5.74) is 1.04. The molecule has 0 radical (unpaired) electrons. The minimum Gasteiger partial charge on any atom is -0.383 e. The van der Waals surface area contributed by atoms with Crippen LogP contribution in [0.5, 0.6) is 0 Å². The molecule has 1 aromatic rings. The fraction of sp³-hybridized carbons (Fsp3) is 0.733. The Hall–Kier alpha value is -1.02. The van der Waals surface area contributed by atoms with Gasteiger partial charge in [-0.15, -0.1) is 11.3 Å². The van der Waals surface area contributed by atoms with E-state index < -0.39 is 0 Å². The lowest BCUT2D eigenvalue weighted by Crippen LogP contribution is -2.33. The molecular formula is C15H26N4O2S. The lowest BCUT2D eigenvalue weighted by atomic mass is 10.0. The van der Waals surface area contributed by atoms with Gasteiger partial charge in [0, 0.05) is 32.1 Å². The maximum absolute atomic E-state index is 11.8. The zero-order valence-corrected chi connectivity index (χ0v) is 14.2. The molecule has 1 aliphatic heterocycles. The molecule has 22 heavy (non-hydrogen) atoms. The molecule has 0 aliphatic carbocycles. The Morgan fingerprint density at radius 3 is 3.23 bits per heavy atom. The highest BCUT2D eigenvalue weighted by Gasteiger charge is 2.17. The van der Waals surface area contributed by atoms with Crippen LogP contribution in [0.1, 0.15) is 25.5 Å². The van der Waals surface area contributed by atoms with E-state index in [-0.39, 0.29) is 12.5 Å². The molecule has 1 amide bonds. The first-order valence-corrected chi connectivity index (χ1v) is 8.71. The second-order valence-corrected chi connectivity index (χ2v) is 6.70. The van der Waals surface area contributed by atoms with Gasteiger partial charge < -0.3 is 15.4 Å². The molecule has 1 atom stereocenters. The number of hydrogen-bond donors (Lipinski definition) is 2. The lowest BCUT2D eigenvalue weighted by molar-refractivity contribution is -0.115. The van der Waals surface area contributed by atoms with Crippen molar-refractivity contribution in [3.8, 4) is 0 Å². The number of carbonyl (C=O) groups is 1. The average Bonchev–Trinajstić information content (AvgIpc) is 2.91. The smallest absolute Gasteiger partial charge is 0.240 e. The van der Waals surface area contributed by atoms with Crippen LogP contribution >= 0.6 is 11.3 Å². The normalized spacial score (nSPS) is 19.3. The number of piperidine rings is 1. The van der Waals surface area contributed by atoms with Crippen molar-refractivity contribution in [3.63, 3.8) is 0 Å². The third kappa shape index (κ3) is 6.00. The van der Waals surface area contributed by atoms with Crippen LogP contribution in [0.15, 0.2) is 5.38 Å². The van der Waals surface area contributed by atoms with E-state index in [0.717, 1.165) is 31.2 Å². The van der Waals surface area contributed by atoms with E-state index in [4.69, 9.17) is 4.74 Å². The Bertz CT molecular complexity index is 466. The molecular weight excluding hydrogens is 300 g/mol. The van der Waals surface area contributed by atoms with E-state index >= 15 is 0 Å². The number of nitrogens with one attached hydrogen (secondary N) is 2. The Morgan fingerprint density at radius 1 is 1.59 bits per heavy atom. The number of aromatic nitrogens is 1. The molecule has 1 aromatic heterocycles. The van der Waals surface area contributed by atoms with Crippen molar-refractivity contribution in [2.45, 2.75) is 26.3 Å². The van der Waals surface area contributed by atoms with Gasteiger partial charge in [-0.1, -0.05) is 6.92 Å². The highest BCUT2D eigenvalue weighted by Crippen LogP contribution is 2.20. The number of methoxy groups -OCH3 is 1. The van der Waals surface area contributed by atoms with Crippen molar-refractivity contribution in [2.24, 2.45) is 5.92 Å². The van der Waals surface area contributed by atoms with Gasteiger partial charge in [0.05, 0.1) is 18.8 Å². The minimum absolute atomic E-state index is 0.0661. The quantitative estimate of drug-likeness (QED) is 0.710. The van der Waals surface area contributed by atoms with Crippen LogP contribution in [0.3, 0.4) is 0 Å². The summed E-state index contributed by atoms with van der Waals surface area (Å²) in [4.78, 5) is 18.7. The van der Waals surface area contributed by atoms with E-state index in [0.29, 0.717) is 18.3 Å². The summed E-state index contributed by atoms with van der Waals surface area (Å²) < 4.78 is 4.92. The number of ether oxygens (including phenoxy) is 1. The molecule has 6 nitrogen and oxygen atoms in total. The van der Waals surface area contributed by atoms with Crippen LogP contribution in [-0.4, -0.2) is 55.7 Å². The molecule has 2 rings (SSSR count). The zero-order chi connectivity index (χ0) is 15.8. The van der Waals surface area contributed by atoms with Gasteiger partial charge in [-0.25, -0.2) is 4.98 Å². The van der Waals surface area contributed by atoms with Crippen LogP contribution in [0.2, 0.25) is 0 Å². The van der Waals surface area contributed by atoms with Crippen molar-refractivity contribution in [3.05, 3.63) is 11.1 Å². The van der Waals surface area contributed by atoms with Crippen molar-refractivity contribution in [1.82, 2.24) is 15.2 Å². The highest BCUT2D eigenvalue weighted by molar-refractivity contribution is 7.13. The van der Waals surface area contributed by atoms with Gasteiger partial charge in [-0.2, -0.15) is 0 Å². The van der Waals surface area contributed by atoms with Crippen LogP contribution in [0, 0.1) is 5.92 Å². The first-order chi connectivity index (χ1) is 10.7. The number of thiazole rings is 1. The second-order valence-electron chi connectivity index (χ2n) is 5.84. The Kier molecular flexibility index (Phi) is 7.24. The van der Waals surface area contributed by atoms with Crippen molar-refractivity contribution in [2.75, 3.05) is 45.2 Å². The highest BCUT2D eigenvalue weighted by atomic mass is 32.1. The van der Waals surface area contributed by atoms with Crippen LogP contribution in [0.4, 0.5) is 5.13 Å². The zero-order valence-electron chi connectivity index (χ0n) is 13.4. The Balaban J connectivity index is 1.72. The summed E-state index contributed by atoms with van der Waals surface area (Å²) in [6.45, 7) is 7.01. The SMILES string of the molecule is COCCNCC(=O)Nc1nc(CN2CCCC(C)C2)cs1. The summed E-state index contributed by atoms with van der Waals surface area (Å²) in [7, 11) is 1.64. The molecule has 124 valence electrons. The van der Waals surface area contributed by atoms with Gasteiger partial charge in [0.1, 0.15) is 0 Å². The summed E-state index contributed by atoms with van der Waals surface area (Å²) in [5, 5.41) is 8.56. The predicted molar refractivity (Wildman–Crippen MR) is 89.2 cm³/mol. The average molecular weight is 326 g/mol. The number of rotatable bonds is 8. The van der Waals surface area contributed by atoms with Crippen LogP contribution < -0.4 is 10.6 Å². The minimum atomic E-state index is -0.0661. The maximum atomic E-state index is 11.8. The Morgan fingerprint density at radius 2 is 2.45 bits per heavy atom. The maximum Gasteiger partial charge on any atom is 0.240 e. The lowest BCUT2D eigenvalue weighted by Gasteiger charge is -2.30. The molecule has 7 heteroatoms. The molecule has 0 spiro atoms. The first kappa shape index (κ1) is 17.3. The van der Waals surface area contributed by atoms with E-state index in [1.165, 1.54) is 24.2 Å². The molecule has 1 saturated heterocycles. The number of likely N-dealkylation sites (tertiary alicyclic amines) is 1. The third-order valence-corrected chi connectivity index (χ3v) is 4.50. The summed E-state index contributed by atoms with van der Waals surface area (Å²) in [5.74, 6) is 0.702. The van der Waals surface area contributed by atoms with E-state index in [1.807, 2.05) is 5.38 Å². The summed E-state index contributed by atoms with van der Waals surface area (Å²) in [6.07, 6.45) is 2.59.